The molecule has 19 heteroatoms. The zero-order valence-electron chi connectivity index (χ0n) is 38.6. The number of carboxylic acids is 2. The second-order valence-electron chi connectivity index (χ2n) is 20.5. The van der Waals surface area contributed by atoms with E-state index in [-0.39, 0.29) is 37.0 Å². The van der Waals surface area contributed by atoms with Gasteiger partial charge in [-0.25, -0.2) is 0 Å². The van der Waals surface area contributed by atoms with Crippen LogP contribution in [0.5, 0.6) is 0 Å². The first-order valence-electron chi connectivity index (χ1n) is 23.4. The molecule has 1 amide bonds. The highest BCUT2D eigenvalue weighted by molar-refractivity contribution is 5.99. The Morgan fingerprint density at radius 2 is 1.54 bits per heavy atom. The molecule has 0 radical (unpaired) electrons. The van der Waals surface area contributed by atoms with Crippen LogP contribution in [0, 0.1) is 39.9 Å². The van der Waals surface area contributed by atoms with Crippen LogP contribution in [-0.2, 0) is 52.4 Å². The van der Waals surface area contributed by atoms with E-state index < -0.39 is 151 Å². The smallest absolute Gasteiger partial charge is 0.321 e. The molecule has 6 fully saturated rings. The van der Waals surface area contributed by atoms with Gasteiger partial charge in [0, 0.05) is 25.2 Å². The van der Waals surface area contributed by atoms with Crippen molar-refractivity contribution in [3.8, 4) is 0 Å². The molecule has 1 aromatic rings. The maximum Gasteiger partial charge on any atom is 0.321 e. The van der Waals surface area contributed by atoms with E-state index in [1.807, 2.05) is 6.92 Å². The van der Waals surface area contributed by atoms with E-state index in [0.29, 0.717) is 31.2 Å². The molecular formula is C48H67NO18. The molecule has 2 bridgehead atoms. The normalized spacial score (nSPS) is 40.5. The van der Waals surface area contributed by atoms with E-state index in [0.717, 1.165) is 12.5 Å². The van der Waals surface area contributed by atoms with E-state index in [4.69, 9.17) is 28.4 Å². The lowest BCUT2D eigenvalue weighted by atomic mass is 9.40. The Morgan fingerprint density at radius 1 is 0.851 bits per heavy atom. The molecule has 1 spiro atoms. The van der Waals surface area contributed by atoms with Gasteiger partial charge in [0.05, 0.1) is 30.8 Å². The number of nitrogens with one attached hydrogen (secondary N) is 1. The summed E-state index contributed by atoms with van der Waals surface area (Å²) in [5.74, 6) is -6.83. The third kappa shape index (κ3) is 9.52. The monoisotopic (exact) mass is 945 g/mol. The van der Waals surface area contributed by atoms with E-state index in [1.54, 1.807) is 44.2 Å². The highest BCUT2D eigenvalue weighted by atomic mass is 16.7. The zero-order chi connectivity index (χ0) is 48.9. The summed E-state index contributed by atoms with van der Waals surface area (Å²) in [6.45, 7) is 11.6. The minimum Gasteiger partial charge on any atom is -0.480 e. The van der Waals surface area contributed by atoms with Gasteiger partial charge in [0.25, 0.3) is 0 Å². The fraction of sp³-hybridized carbons (Fsp3) is 0.729. The molecule has 19 nitrogen and oxygen atoms in total. The number of carbonyl (C=O) groups excluding carboxylic acids is 3. The van der Waals surface area contributed by atoms with Gasteiger partial charge in [-0.05, 0) is 85.7 Å². The van der Waals surface area contributed by atoms with Crippen molar-refractivity contribution in [2.24, 2.45) is 39.9 Å². The molecule has 2 heterocycles. The summed E-state index contributed by atoms with van der Waals surface area (Å²) in [5.41, 5.74) is -2.98. The fourth-order valence-corrected chi connectivity index (χ4v) is 12.8. The molecular weight excluding hydrogens is 879 g/mol. The number of aliphatic carboxylic acids is 2. The van der Waals surface area contributed by atoms with Crippen molar-refractivity contribution in [3.63, 3.8) is 0 Å². The van der Waals surface area contributed by atoms with Crippen LogP contribution in [0.2, 0.25) is 0 Å². The first-order valence-corrected chi connectivity index (χ1v) is 23.4. The number of fused-ring (bicyclic) bond motifs is 3. The summed E-state index contributed by atoms with van der Waals surface area (Å²) < 4.78 is 37.0. The topological polar surface area (TPSA) is 294 Å². The van der Waals surface area contributed by atoms with Gasteiger partial charge in [-0.15, -0.1) is 0 Å². The lowest BCUT2D eigenvalue weighted by molar-refractivity contribution is -0.351. The summed E-state index contributed by atoms with van der Waals surface area (Å²) in [7, 11) is 0. The quantitative estimate of drug-likeness (QED) is 0.0541. The minimum atomic E-state index is -2.37. The van der Waals surface area contributed by atoms with E-state index in [2.05, 4.69) is 11.9 Å². The first-order chi connectivity index (χ1) is 31.5. The van der Waals surface area contributed by atoms with Crippen LogP contribution in [0.4, 0.5) is 0 Å². The molecule has 0 aromatic heterocycles. The average Bonchev–Trinajstić information content (AvgIpc) is 3.43. The SMILES string of the molecule is C=C1[C@@H]2CC[C@H]3[C@]4(C)C[C@H](O[C@@H]5O[C@H](COC(C)=O)[C@@H](O[C@@H]6O[C@@H](C)[C@H](O)[C@@H](O)[C@H]6O)[C@H](OC(=O)C[C@H](O)c6ccccc6)[C@H]5NC(=O)CC(C)C)CC(C(=O)O)(C(=O)O)[C@H]4CC[C@]3(C2)[C@H]1O. The van der Waals surface area contributed by atoms with Crippen LogP contribution >= 0.6 is 0 Å². The number of amides is 1. The number of aliphatic hydroxyl groups is 5. The van der Waals surface area contributed by atoms with Gasteiger partial charge < -0.3 is 69.5 Å². The van der Waals surface area contributed by atoms with Crippen molar-refractivity contribution < 1.29 is 88.1 Å². The number of hydrogen-bond acceptors (Lipinski definition) is 16. The Labute approximate surface area is 389 Å². The zero-order valence-corrected chi connectivity index (χ0v) is 38.6. The number of carbonyl (C=O) groups is 5. The van der Waals surface area contributed by atoms with Crippen LogP contribution < -0.4 is 5.32 Å². The molecule has 2 aliphatic heterocycles. The summed E-state index contributed by atoms with van der Waals surface area (Å²) >= 11 is 0. The van der Waals surface area contributed by atoms with Crippen LogP contribution in [-0.4, -0.2) is 146 Å². The van der Waals surface area contributed by atoms with Gasteiger partial charge in [0.1, 0.15) is 43.2 Å². The van der Waals surface area contributed by atoms with Crippen molar-refractivity contribution in [2.75, 3.05) is 6.61 Å². The number of rotatable bonds is 15. The molecule has 2 saturated heterocycles. The molecule has 4 saturated carbocycles. The van der Waals surface area contributed by atoms with Crippen LogP contribution in [0.15, 0.2) is 42.5 Å². The van der Waals surface area contributed by atoms with Gasteiger partial charge >= 0.3 is 23.9 Å². The van der Waals surface area contributed by atoms with Crippen LogP contribution in [0.1, 0.15) is 104 Å². The molecule has 6 aliphatic rings. The summed E-state index contributed by atoms with van der Waals surface area (Å²) in [6, 6.07) is 6.69. The standard InChI is InChI=1S/C48H67NO18/c1-22(2)16-33(52)49-35-40(66-34(53)17-29(51)26-10-8-7-9-11-26)39(67-43-38(56)37(55)36(54)24(4)63-43)30(21-62-25(5)50)65-42(35)64-28-19-46(6)31-13-12-27-18-47(31,41(57)23(27)3)15-14-32(46)48(20-28,44(58)59)45(60)61/h7-11,22,24,27-32,35-43,51,54-57H,3,12-21H2,1-2,4-6H3,(H,49,52)(H,58,59)(H,60,61)/t24-,27+,28-,29-,30+,31-,32-,35+,36-,37+,38+,39+,40+,41-,42+,43-,46-,47+/m0/s1. The second-order valence-corrected chi connectivity index (χ2v) is 20.5. The maximum atomic E-state index is 14.1. The van der Waals surface area contributed by atoms with Gasteiger partial charge in [-0.3, -0.25) is 24.0 Å². The third-order valence-electron chi connectivity index (χ3n) is 15.9. The summed E-state index contributed by atoms with van der Waals surface area (Å²) in [4.78, 5) is 67.5. The van der Waals surface area contributed by atoms with E-state index in [9.17, 15) is 59.7 Å². The molecule has 0 unspecified atom stereocenters. The van der Waals surface area contributed by atoms with Gasteiger partial charge in [-0.2, -0.15) is 0 Å². The number of aliphatic hydroxyl groups excluding tert-OH is 5. The number of benzene rings is 1. The Bertz CT molecular complexity index is 2000. The largest absolute Gasteiger partial charge is 0.480 e. The van der Waals surface area contributed by atoms with Gasteiger partial charge in [0.15, 0.2) is 24.1 Å². The highest BCUT2D eigenvalue weighted by Crippen LogP contribution is 2.72. The molecule has 8 N–H and O–H groups in total. The second kappa shape index (κ2) is 19.7. The predicted octanol–water partition coefficient (Wildman–Crippen LogP) is 2.14. The van der Waals surface area contributed by atoms with E-state index >= 15 is 0 Å². The molecule has 7 rings (SSSR count). The van der Waals surface area contributed by atoms with Gasteiger partial charge in [0.2, 0.25) is 5.91 Å². The average molecular weight is 946 g/mol. The van der Waals surface area contributed by atoms with Crippen molar-refractivity contribution >= 4 is 29.8 Å². The Hall–Kier alpha value is -4.05. The molecule has 67 heavy (non-hydrogen) atoms. The molecule has 1 aromatic carbocycles. The Kier molecular flexibility index (Phi) is 15.0. The fourth-order valence-electron chi connectivity index (χ4n) is 12.8. The minimum absolute atomic E-state index is 0.0618. The molecule has 4 aliphatic carbocycles. The number of ether oxygens (including phenoxy) is 6. The predicted molar refractivity (Wildman–Crippen MR) is 231 cm³/mol. The number of carboxylic acid groups (broad SMARTS) is 2. The Morgan fingerprint density at radius 3 is 2.18 bits per heavy atom. The number of esters is 2. The number of hydrogen-bond donors (Lipinski definition) is 8. The summed E-state index contributed by atoms with van der Waals surface area (Å²) in [5, 5.41) is 80.2. The Balaban J connectivity index is 1.31. The third-order valence-corrected chi connectivity index (χ3v) is 15.9. The van der Waals surface area contributed by atoms with Crippen LogP contribution in [0.25, 0.3) is 0 Å². The first kappa shape index (κ1) is 50.8. The lowest BCUT2D eigenvalue weighted by Gasteiger charge is -2.64. The highest BCUT2D eigenvalue weighted by Gasteiger charge is 2.72. The van der Waals surface area contributed by atoms with Gasteiger partial charge in [-0.1, -0.05) is 57.7 Å². The van der Waals surface area contributed by atoms with Crippen molar-refractivity contribution in [1.29, 1.82) is 0 Å². The van der Waals surface area contributed by atoms with Crippen LogP contribution in [0.3, 0.4) is 0 Å². The van der Waals surface area contributed by atoms with Crippen molar-refractivity contribution in [2.45, 2.75) is 172 Å². The van der Waals surface area contributed by atoms with Crippen molar-refractivity contribution in [3.05, 3.63) is 48.0 Å². The van der Waals surface area contributed by atoms with Crippen molar-refractivity contribution in [1.82, 2.24) is 5.32 Å². The molecule has 18 atom stereocenters. The lowest BCUT2D eigenvalue weighted by Crippen LogP contribution is -2.69. The van der Waals surface area contributed by atoms with E-state index in [1.165, 1.54) is 6.92 Å². The summed E-state index contributed by atoms with van der Waals surface area (Å²) in [6.07, 6.45) is -16.6. The maximum absolute atomic E-state index is 14.1. The molecule has 372 valence electrons.